The second-order valence-corrected chi connectivity index (χ2v) is 4.88. The molecule has 2 aromatic rings. The normalized spacial score (nSPS) is 10.5. The van der Waals surface area contributed by atoms with Gasteiger partial charge in [-0.05, 0) is 36.0 Å². The van der Waals surface area contributed by atoms with Crippen molar-refractivity contribution >= 4 is 17.7 Å². The molecule has 19 heavy (non-hydrogen) atoms. The highest BCUT2D eigenvalue weighted by Crippen LogP contribution is 2.25. The minimum absolute atomic E-state index is 0.183. The first-order valence-corrected chi connectivity index (χ1v) is 6.37. The smallest absolute Gasteiger partial charge is 0.277 e. The number of nitrogens with zero attached hydrogens (tertiary/aromatic N) is 4. The van der Waals surface area contributed by atoms with Crippen molar-refractivity contribution in [2.24, 2.45) is 7.05 Å². The summed E-state index contributed by atoms with van der Waals surface area (Å²) in [5.74, 6) is -0.183. The van der Waals surface area contributed by atoms with Crippen LogP contribution < -0.4 is 0 Å². The number of aryl methyl sites for hydroxylation is 1. The summed E-state index contributed by atoms with van der Waals surface area (Å²) in [4.78, 5) is 17.7. The molecule has 0 aliphatic rings. The van der Waals surface area contributed by atoms with E-state index in [0.29, 0.717) is 5.56 Å². The fraction of sp³-hybridized carbons (Fsp3) is 0.250. The Morgan fingerprint density at radius 1 is 1.37 bits per heavy atom. The molecule has 7 heteroatoms. The Bertz CT molecular complexity index is 567. The predicted molar refractivity (Wildman–Crippen MR) is 70.7 cm³/mol. The van der Waals surface area contributed by atoms with Crippen LogP contribution in [0.25, 0.3) is 0 Å². The number of rotatable bonds is 4. The fourth-order valence-corrected chi connectivity index (χ4v) is 2.16. The molecule has 0 aliphatic carbocycles. The van der Waals surface area contributed by atoms with E-state index in [-0.39, 0.29) is 5.91 Å². The molecule has 0 fully saturated rings. The zero-order valence-electron chi connectivity index (χ0n) is 10.9. The van der Waals surface area contributed by atoms with Crippen LogP contribution in [-0.2, 0) is 11.9 Å². The minimum Gasteiger partial charge on any atom is -0.311 e. The maximum Gasteiger partial charge on any atom is 0.277 e. The summed E-state index contributed by atoms with van der Waals surface area (Å²) in [6, 6.07) is 7.26. The van der Waals surface area contributed by atoms with E-state index in [9.17, 15) is 4.79 Å². The lowest BCUT2D eigenvalue weighted by molar-refractivity contribution is -0.0757. The molecule has 2 rings (SSSR count). The van der Waals surface area contributed by atoms with Crippen molar-refractivity contribution in [1.82, 2.24) is 19.8 Å². The van der Waals surface area contributed by atoms with E-state index < -0.39 is 0 Å². The van der Waals surface area contributed by atoms with Crippen molar-refractivity contribution in [3.05, 3.63) is 36.2 Å². The van der Waals surface area contributed by atoms with Gasteiger partial charge in [0.2, 0.25) is 0 Å². The zero-order valence-corrected chi connectivity index (χ0v) is 11.7. The monoisotopic (exact) mass is 278 g/mol. The van der Waals surface area contributed by atoms with Crippen LogP contribution >= 0.6 is 11.8 Å². The molecule has 0 unspecified atom stereocenters. The largest absolute Gasteiger partial charge is 0.311 e. The van der Waals surface area contributed by atoms with Gasteiger partial charge in [-0.2, -0.15) is 0 Å². The van der Waals surface area contributed by atoms with Gasteiger partial charge in [0.25, 0.3) is 5.91 Å². The van der Waals surface area contributed by atoms with Crippen LogP contribution in [0.3, 0.4) is 0 Å². The van der Waals surface area contributed by atoms with Crippen LogP contribution in [0.5, 0.6) is 0 Å². The van der Waals surface area contributed by atoms with Gasteiger partial charge in [0.05, 0.1) is 7.11 Å². The molecule has 0 saturated carbocycles. The van der Waals surface area contributed by atoms with Crippen molar-refractivity contribution in [1.29, 1.82) is 0 Å². The lowest BCUT2D eigenvalue weighted by Crippen LogP contribution is -2.25. The standard InChI is InChI=1S/C12H14N4O2S/c1-15-8-13-14-12(15)19-10-6-4-9(5-7-10)11(17)16(2)18-3/h4-8H,1-3H3. The molecule has 100 valence electrons. The van der Waals surface area contributed by atoms with Crippen LogP contribution in [0.1, 0.15) is 10.4 Å². The van der Waals surface area contributed by atoms with E-state index in [1.165, 1.54) is 23.9 Å². The Balaban J connectivity index is 2.11. The number of benzene rings is 1. The SMILES string of the molecule is CON(C)C(=O)c1ccc(Sc2nncn2C)cc1. The van der Waals surface area contributed by atoms with Crippen LogP contribution in [0, 0.1) is 0 Å². The lowest BCUT2D eigenvalue weighted by atomic mass is 10.2. The molecule has 6 nitrogen and oxygen atoms in total. The van der Waals surface area contributed by atoms with Gasteiger partial charge >= 0.3 is 0 Å². The van der Waals surface area contributed by atoms with Gasteiger partial charge in [-0.3, -0.25) is 9.63 Å². The quantitative estimate of drug-likeness (QED) is 0.795. The second-order valence-electron chi connectivity index (χ2n) is 3.84. The molecule has 0 spiro atoms. The summed E-state index contributed by atoms with van der Waals surface area (Å²) in [7, 11) is 4.91. The molecule has 0 radical (unpaired) electrons. The summed E-state index contributed by atoms with van der Waals surface area (Å²) in [6.45, 7) is 0. The van der Waals surface area contributed by atoms with Crippen molar-refractivity contribution in [3.63, 3.8) is 0 Å². The number of carbonyl (C=O) groups is 1. The highest BCUT2D eigenvalue weighted by molar-refractivity contribution is 7.99. The van der Waals surface area contributed by atoms with Gasteiger partial charge in [-0.25, -0.2) is 5.06 Å². The average molecular weight is 278 g/mol. The molecule has 1 heterocycles. The number of hydroxylamine groups is 2. The van der Waals surface area contributed by atoms with Gasteiger partial charge in [0, 0.05) is 24.6 Å². The van der Waals surface area contributed by atoms with Gasteiger partial charge in [0.1, 0.15) is 6.33 Å². The molecule has 0 saturated heterocycles. The third kappa shape index (κ3) is 3.12. The Labute approximate surface area is 115 Å². The Morgan fingerprint density at radius 3 is 2.58 bits per heavy atom. The van der Waals surface area contributed by atoms with Crippen molar-refractivity contribution in [2.45, 2.75) is 10.1 Å². The number of carbonyl (C=O) groups excluding carboxylic acids is 1. The summed E-state index contributed by atoms with van der Waals surface area (Å²) in [5.41, 5.74) is 0.576. The molecular weight excluding hydrogens is 264 g/mol. The first-order valence-electron chi connectivity index (χ1n) is 5.56. The average Bonchev–Trinajstić information content (AvgIpc) is 2.83. The molecule has 1 aromatic carbocycles. The fourth-order valence-electron chi connectivity index (χ4n) is 1.40. The van der Waals surface area contributed by atoms with E-state index in [1.54, 1.807) is 25.5 Å². The Hall–Kier alpha value is -1.86. The van der Waals surface area contributed by atoms with E-state index >= 15 is 0 Å². The highest BCUT2D eigenvalue weighted by Gasteiger charge is 2.11. The summed E-state index contributed by atoms with van der Waals surface area (Å²) >= 11 is 1.49. The molecule has 0 aliphatic heterocycles. The van der Waals surface area contributed by atoms with E-state index in [4.69, 9.17) is 4.84 Å². The number of amides is 1. The summed E-state index contributed by atoms with van der Waals surface area (Å²) < 4.78 is 1.84. The molecule has 1 amide bonds. The van der Waals surface area contributed by atoms with Crippen LogP contribution in [-0.4, -0.2) is 39.9 Å². The number of hydrogen-bond donors (Lipinski definition) is 0. The second kappa shape index (κ2) is 5.85. The minimum atomic E-state index is -0.183. The van der Waals surface area contributed by atoms with Crippen molar-refractivity contribution < 1.29 is 9.63 Å². The van der Waals surface area contributed by atoms with Crippen molar-refractivity contribution in [2.75, 3.05) is 14.2 Å². The molecule has 0 bridgehead atoms. The molecule has 0 N–H and O–H groups in total. The van der Waals surface area contributed by atoms with Gasteiger partial charge < -0.3 is 4.57 Å². The van der Waals surface area contributed by atoms with Crippen LogP contribution in [0.4, 0.5) is 0 Å². The zero-order chi connectivity index (χ0) is 13.8. The highest BCUT2D eigenvalue weighted by atomic mass is 32.2. The van der Waals surface area contributed by atoms with Crippen LogP contribution in [0.2, 0.25) is 0 Å². The Morgan fingerprint density at radius 2 is 2.05 bits per heavy atom. The summed E-state index contributed by atoms with van der Waals surface area (Å²) in [6.07, 6.45) is 1.65. The number of aromatic nitrogens is 3. The van der Waals surface area contributed by atoms with E-state index in [1.807, 2.05) is 23.7 Å². The predicted octanol–water partition coefficient (Wildman–Crippen LogP) is 1.60. The first-order chi connectivity index (χ1) is 9.11. The van der Waals surface area contributed by atoms with Gasteiger partial charge in [-0.15, -0.1) is 10.2 Å². The first kappa shape index (κ1) is 13.6. The summed E-state index contributed by atoms with van der Waals surface area (Å²) in [5, 5.41) is 9.79. The number of hydrogen-bond acceptors (Lipinski definition) is 5. The third-order valence-corrected chi connectivity index (χ3v) is 3.60. The van der Waals surface area contributed by atoms with E-state index in [0.717, 1.165) is 10.1 Å². The lowest BCUT2D eigenvalue weighted by Gasteiger charge is -2.13. The molecule has 0 atom stereocenters. The Kier molecular flexibility index (Phi) is 4.18. The molecular formula is C12H14N4O2S. The van der Waals surface area contributed by atoms with Crippen molar-refractivity contribution in [3.8, 4) is 0 Å². The van der Waals surface area contributed by atoms with Crippen LogP contribution in [0.15, 0.2) is 40.6 Å². The van der Waals surface area contributed by atoms with Gasteiger partial charge in [-0.1, -0.05) is 0 Å². The maximum atomic E-state index is 11.8. The van der Waals surface area contributed by atoms with Gasteiger partial charge in [0.15, 0.2) is 5.16 Å². The van der Waals surface area contributed by atoms with E-state index in [2.05, 4.69) is 10.2 Å². The topological polar surface area (TPSA) is 60.2 Å². The molecule has 1 aromatic heterocycles. The third-order valence-electron chi connectivity index (χ3n) is 2.54. The maximum absolute atomic E-state index is 11.8.